The smallest absolute Gasteiger partial charge is 0.315 e. The molecule has 3 atom stereocenters. The number of carbonyl (C=O) groups excluding carboxylic acids is 2. The number of amides is 2. The van der Waals surface area contributed by atoms with E-state index in [1.165, 1.54) is 24.3 Å². The van der Waals surface area contributed by atoms with Gasteiger partial charge in [0.15, 0.2) is 0 Å². The summed E-state index contributed by atoms with van der Waals surface area (Å²) in [5.41, 5.74) is 1.15. The van der Waals surface area contributed by atoms with Crippen LogP contribution in [0.1, 0.15) is 37.7 Å². The van der Waals surface area contributed by atoms with Crippen molar-refractivity contribution in [2.45, 2.75) is 60.8 Å². The number of urea groups is 1. The summed E-state index contributed by atoms with van der Waals surface area (Å²) < 4.78 is 33.0. The van der Waals surface area contributed by atoms with Crippen LogP contribution in [0.15, 0.2) is 53.4 Å². The molecule has 0 radical (unpaired) electrons. The van der Waals surface area contributed by atoms with Crippen molar-refractivity contribution in [1.82, 2.24) is 10.6 Å². The highest BCUT2D eigenvalue weighted by Gasteiger charge is 2.42. The molecule has 2 fully saturated rings. The lowest BCUT2D eigenvalue weighted by Crippen LogP contribution is -2.36. The van der Waals surface area contributed by atoms with Crippen molar-refractivity contribution in [1.29, 1.82) is 0 Å². The number of unbranched alkanes of at least 4 members (excludes halogenated alkanes) is 1. The summed E-state index contributed by atoms with van der Waals surface area (Å²) in [7, 11) is -3.80. The van der Waals surface area contributed by atoms with Crippen molar-refractivity contribution in [3.05, 3.63) is 64.2 Å². The van der Waals surface area contributed by atoms with Crippen LogP contribution in [0.2, 0.25) is 0 Å². The van der Waals surface area contributed by atoms with Gasteiger partial charge in [0, 0.05) is 41.0 Å². The molecule has 0 bridgehead atoms. The van der Waals surface area contributed by atoms with Gasteiger partial charge in [-0.05, 0) is 61.3 Å². The number of sulfonamides is 1. The van der Waals surface area contributed by atoms with Gasteiger partial charge in [-0.2, -0.15) is 23.5 Å². The summed E-state index contributed by atoms with van der Waals surface area (Å²) in [6.45, 7) is 0.387. The first kappa shape index (κ1) is 31.0. The van der Waals surface area contributed by atoms with Crippen molar-refractivity contribution in [2.75, 3.05) is 28.6 Å². The van der Waals surface area contributed by atoms with Gasteiger partial charge < -0.3 is 15.4 Å². The second-order valence-corrected chi connectivity index (χ2v) is 14.0. The van der Waals surface area contributed by atoms with Gasteiger partial charge in [-0.1, -0.05) is 18.6 Å². The minimum absolute atomic E-state index is 0.0775. The maximum Gasteiger partial charge on any atom is 0.315 e. The molecule has 2 amide bonds. The first-order valence-corrected chi connectivity index (χ1v) is 17.2. The lowest BCUT2D eigenvalue weighted by atomic mass is 10.0. The topological polar surface area (TPSA) is 157 Å². The van der Waals surface area contributed by atoms with Crippen LogP contribution in [0.4, 0.5) is 16.2 Å². The first-order chi connectivity index (χ1) is 19.7. The molecule has 2 aromatic carbocycles. The highest BCUT2D eigenvalue weighted by molar-refractivity contribution is 8.00. The number of ether oxygens (including phenoxy) is 1. The van der Waals surface area contributed by atoms with Crippen LogP contribution in [0, 0.1) is 10.1 Å². The number of aryl methyl sites for hydroxylation is 1. The van der Waals surface area contributed by atoms with Crippen molar-refractivity contribution in [2.24, 2.45) is 0 Å². The quantitative estimate of drug-likeness (QED) is 0.0815. The zero-order valence-corrected chi connectivity index (χ0v) is 24.9. The zero-order valence-electron chi connectivity index (χ0n) is 22.5. The molecule has 2 aromatic rings. The summed E-state index contributed by atoms with van der Waals surface area (Å²) in [5, 5.41) is 17.1. The number of rotatable bonds is 16. The van der Waals surface area contributed by atoms with Gasteiger partial charge in [-0.3, -0.25) is 19.6 Å². The highest BCUT2D eigenvalue weighted by atomic mass is 32.2. The molecule has 0 saturated carbocycles. The Balaban J connectivity index is 1.03. The van der Waals surface area contributed by atoms with E-state index < -0.39 is 14.9 Å². The third-order valence-electron chi connectivity index (χ3n) is 6.87. The maximum absolute atomic E-state index is 12.6. The van der Waals surface area contributed by atoms with E-state index in [4.69, 9.17) is 4.74 Å². The first-order valence-electron chi connectivity index (χ1n) is 13.5. The van der Waals surface area contributed by atoms with Gasteiger partial charge in [0.05, 0.1) is 21.9 Å². The third-order valence-corrected chi connectivity index (χ3v) is 10.8. The monoisotopic (exact) mass is 622 g/mol. The van der Waals surface area contributed by atoms with Gasteiger partial charge in [-0.15, -0.1) is 0 Å². The minimum atomic E-state index is -3.80. The molecule has 41 heavy (non-hydrogen) atoms. The number of benzene rings is 2. The molecule has 0 aliphatic carbocycles. The Bertz CT molecular complexity index is 1310. The Hall–Kier alpha value is -2.97. The molecular weight excluding hydrogens is 589 g/mol. The van der Waals surface area contributed by atoms with Gasteiger partial charge in [-0.25, -0.2) is 13.2 Å². The number of hydrogen-bond donors (Lipinski definition) is 3. The predicted octanol–water partition coefficient (Wildman–Crippen LogP) is 4.33. The zero-order chi connectivity index (χ0) is 29.2. The van der Waals surface area contributed by atoms with Crippen molar-refractivity contribution in [3.8, 4) is 0 Å². The maximum atomic E-state index is 12.6. The Kier molecular flexibility index (Phi) is 11.2. The van der Waals surface area contributed by atoms with E-state index in [9.17, 15) is 28.1 Å². The lowest BCUT2D eigenvalue weighted by molar-refractivity contribution is -0.384. The summed E-state index contributed by atoms with van der Waals surface area (Å²) in [5.74, 6) is 2.39. The van der Waals surface area contributed by atoms with Gasteiger partial charge in [0.1, 0.15) is 6.61 Å². The van der Waals surface area contributed by atoms with Crippen molar-refractivity contribution >= 4 is 56.9 Å². The Morgan fingerprint density at radius 3 is 2.56 bits per heavy atom. The largest absolute Gasteiger partial charge is 0.465 e. The lowest BCUT2D eigenvalue weighted by Gasteiger charge is -2.16. The number of nitro groups is 1. The average molecular weight is 623 g/mol. The van der Waals surface area contributed by atoms with Gasteiger partial charge >= 0.3 is 12.0 Å². The molecular formula is C27H34N4O7S3. The SMILES string of the molecule is O=C1N[C@H]2[C@H](CS[C@H]2CCCCC(=O)OCCSCCCc2ccc(S(=O)(=O)Nc3ccc([N+](=O)[O-])cc3)cc2)N1. The van der Waals surface area contributed by atoms with Crippen LogP contribution in [0.3, 0.4) is 0 Å². The normalized spacial score (nSPS) is 19.7. The van der Waals surface area contributed by atoms with E-state index in [0.717, 1.165) is 54.9 Å². The highest BCUT2D eigenvalue weighted by Crippen LogP contribution is 2.33. The number of esters is 1. The standard InChI is InChI=1S/C27H34N4O7S3/c32-25(6-2-1-5-24-26-23(18-40-24)28-27(33)29-26)38-15-17-39-16-3-4-19-7-13-22(14-8-19)41(36,37)30-20-9-11-21(12-10-20)31(34)35/h7-14,23-24,26,30H,1-6,15-18H2,(H2,28,29,33)/t23-,24-,26-/m0/s1. The number of hydrogen-bond acceptors (Lipinski definition) is 9. The van der Waals surface area contributed by atoms with Gasteiger partial charge in [0.25, 0.3) is 15.7 Å². The van der Waals surface area contributed by atoms with Crippen LogP contribution < -0.4 is 15.4 Å². The Labute approximate surface area is 248 Å². The number of carbonyl (C=O) groups is 2. The molecule has 0 unspecified atom stereocenters. The summed E-state index contributed by atoms with van der Waals surface area (Å²) in [4.78, 5) is 33.8. The number of anilines is 1. The molecule has 3 N–H and O–H groups in total. The molecule has 11 nitrogen and oxygen atoms in total. The number of nitrogens with one attached hydrogen (secondary N) is 3. The number of non-ortho nitro benzene ring substituents is 1. The fourth-order valence-corrected chi connectivity index (χ4v) is 8.08. The molecule has 2 heterocycles. The van der Waals surface area contributed by atoms with E-state index >= 15 is 0 Å². The number of fused-ring (bicyclic) bond motifs is 1. The summed E-state index contributed by atoms with van der Waals surface area (Å²) >= 11 is 3.59. The molecule has 2 saturated heterocycles. The van der Waals surface area contributed by atoms with Crippen molar-refractivity contribution in [3.63, 3.8) is 0 Å². The van der Waals surface area contributed by atoms with E-state index in [1.807, 2.05) is 11.8 Å². The van der Waals surface area contributed by atoms with Crippen LogP contribution in [0.5, 0.6) is 0 Å². The average Bonchev–Trinajstić information content (AvgIpc) is 3.50. The molecule has 4 rings (SSSR count). The summed E-state index contributed by atoms with van der Waals surface area (Å²) in [6, 6.07) is 12.2. The third kappa shape index (κ3) is 9.27. The minimum Gasteiger partial charge on any atom is -0.465 e. The van der Waals surface area contributed by atoms with Crippen LogP contribution in [-0.2, 0) is 26.0 Å². The van der Waals surface area contributed by atoms with E-state index in [-0.39, 0.29) is 40.4 Å². The fraction of sp³-hybridized carbons (Fsp3) is 0.481. The van der Waals surface area contributed by atoms with Crippen LogP contribution in [0.25, 0.3) is 0 Å². The van der Waals surface area contributed by atoms with Gasteiger partial charge in [0.2, 0.25) is 0 Å². The van der Waals surface area contributed by atoms with Crippen LogP contribution >= 0.6 is 23.5 Å². The summed E-state index contributed by atoms with van der Waals surface area (Å²) in [6.07, 6.45) is 4.81. The molecule has 0 aromatic heterocycles. The predicted molar refractivity (Wildman–Crippen MR) is 161 cm³/mol. The second kappa shape index (κ2) is 14.8. The molecule has 2 aliphatic heterocycles. The Morgan fingerprint density at radius 2 is 1.83 bits per heavy atom. The number of nitro benzene ring substituents is 1. The molecule has 14 heteroatoms. The van der Waals surface area contributed by atoms with E-state index in [2.05, 4.69) is 15.4 Å². The fourth-order valence-electron chi connectivity index (χ4n) is 4.73. The Morgan fingerprint density at radius 1 is 1.07 bits per heavy atom. The molecule has 0 spiro atoms. The second-order valence-electron chi connectivity index (χ2n) is 9.86. The number of thioether (sulfide) groups is 2. The van der Waals surface area contributed by atoms with Crippen LogP contribution in [-0.4, -0.2) is 66.5 Å². The number of nitrogens with zero attached hydrogens (tertiary/aromatic N) is 1. The van der Waals surface area contributed by atoms with Crippen molar-refractivity contribution < 1.29 is 27.7 Å². The molecule has 222 valence electrons. The van der Waals surface area contributed by atoms with E-state index in [0.29, 0.717) is 18.3 Å². The molecule has 2 aliphatic rings. The van der Waals surface area contributed by atoms with E-state index in [1.54, 1.807) is 36.0 Å².